The molecule has 0 aliphatic heterocycles. The molecule has 1 atom stereocenters. The maximum Gasteiger partial charge on any atom is 0.317 e. The fourth-order valence-electron chi connectivity index (χ4n) is 2.07. The lowest BCUT2D eigenvalue weighted by atomic mass is 9.76. The van der Waals surface area contributed by atoms with E-state index in [0.717, 1.165) is 11.1 Å². The second kappa shape index (κ2) is 3.67. The summed E-state index contributed by atoms with van der Waals surface area (Å²) in [5.41, 5.74) is 1.13. The summed E-state index contributed by atoms with van der Waals surface area (Å²) >= 11 is 0. The number of benzene rings is 1. The minimum absolute atomic E-state index is 0.470. The minimum atomic E-state index is -0.955. The summed E-state index contributed by atoms with van der Waals surface area (Å²) < 4.78 is 5.21. The number of carboxylic acids is 1. The van der Waals surface area contributed by atoms with Crippen LogP contribution in [0.25, 0.3) is 6.08 Å². The van der Waals surface area contributed by atoms with E-state index in [4.69, 9.17) is 4.74 Å². The van der Waals surface area contributed by atoms with Crippen LogP contribution in [0.5, 0.6) is 0 Å². The highest BCUT2D eigenvalue weighted by Gasteiger charge is 2.41. The van der Waals surface area contributed by atoms with Crippen molar-refractivity contribution in [2.24, 2.45) is 5.41 Å². The number of ether oxygens (including phenoxy) is 1. The average molecular weight is 218 g/mol. The van der Waals surface area contributed by atoms with Crippen molar-refractivity contribution < 1.29 is 14.6 Å². The van der Waals surface area contributed by atoms with E-state index in [9.17, 15) is 9.90 Å². The van der Waals surface area contributed by atoms with Gasteiger partial charge >= 0.3 is 5.97 Å². The molecule has 0 fully saturated rings. The third-order valence-electron chi connectivity index (χ3n) is 3.12. The fourth-order valence-corrected chi connectivity index (χ4v) is 2.07. The highest BCUT2D eigenvalue weighted by molar-refractivity contribution is 5.82. The molecule has 1 N–H and O–H groups in total. The first-order valence-electron chi connectivity index (χ1n) is 5.15. The molecule has 0 saturated heterocycles. The summed E-state index contributed by atoms with van der Waals surface area (Å²) in [5.74, 6) is -0.339. The van der Waals surface area contributed by atoms with Gasteiger partial charge in [-0.2, -0.15) is 0 Å². The van der Waals surface area contributed by atoms with Crippen LogP contribution in [0.3, 0.4) is 0 Å². The topological polar surface area (TPSA) is 46.5 Å². The number of hydrogen-bond acceptors (Lipinski definition) is 2. The van der Waals surface area contributed by atoms with Gasteiger partial charge in [0.05, 0.1) is 7.11 Å². The zero-order valence-corrected chi connectivity index (χ0v) is 9.36. The van der Waals surface area contributed by atoms with Gasteiger partial charge in [0.2, 0.25) is 0 Å². The van der Waals surface area contributed by atoms with Crippen LogP contribution in [0.1, 0.15) is 18.1 Å². The predicted molar refractivity (Wildman–Crippen MR) is 60.9 cm³/mol. The van der Waals surface area contributed by atoms with Crippen molar-refractivity contribution in [1.29, 1.82) is 0 Å². The molecule has 1 aromatic rings. The normalized spacial score (nSPS) is 23.2. The Morgan fingerprint density at radius 1 is 1.44 bits per heavy atom. The van der Waals surface area contributed by atoms with Crippen LogP contribution in [0.15, 0.2) is 30.0 Å². The molecule has 0 radical (unpaired) electrons. The zero-order valence-electron chi connectivity index (χ0n) is 9.36. The summed E-state index contributed by atoms with van der Waals surface area (Å²) in [7, 11) is 1.51. The SMILES string of the molecule is COC1=Cc2ccccc2CC1(C)C(=O)O. The van der Waals surface area contributed by atoms with Gasteiger partial charge in [0.1, 0.15) is 11.2 Å². The number of methoxy groups -OCH3 is 1. The van der Waals surface area contributed by atoms with Gasteiger partial charge in [-0.1, -0.05) is 24.3 Å². The molecule has 3 heteroatoms. The first kappa shape index (κ1) is 10.7. The Morgan fingerprint density at radius 2 is 2.12 bits per heavy atom. The molecular formula is C13H14O3. The molecule has 1 aromatic carbocycles. The summed E-state index contributed by atoms with van der Waals surface area (Å²) in [6.07, 6.45) is 2.28. The molecule has 0 amide bonds. The molecule has 0 bridgehead atoms. The van der Waals surface area contributed by atoms with E-state index in [1.165, 1.54) is 7.11 Å². The van der Waals surface area contributed by atoms with E-state index in [-0.39, 0.29) is 0 Å². The maximum atomic E-state index is 11.3. The Hall–Kier alpha value is -1.77. The molecule has 1 aliphatic rings. The highest BCUT2D eigenvalue weighted by Crippen LogP contribution is 2.38. The van der Waals surface area contributed by atoms with Gasteiger partial charge in [-0.3, -0.25) is 4.79 Å². The smallest absolute Gasteiger partial charge is 0.317 e. The first-order valence-corrected chi connectivity index (χ1v) is 5.15. The highest BCUT2D eigenvalue weighted by atomic mass is 16.5. The molecule has 1 aliphatic carbocycles. The van der Waals surface area contributed by atoms with Crippen molar-refractivity contribution in [2.45, 2.75) is 13.3 Å². The van der Waals surface area contributed by atoms with Gasteiger partial charge in [-0.05, 0) is 30.5 Å². The quantitative estimate of drug-likeness (QED) is 0.828. The second-order valence-corrected chi connectivity index (χ2v) is 4.23. The molecule has 84 valence electrons. The van der Waals surface area contributed by atoms with Crippen molar-refractivity contribution in [2.75, 3.05) is 7.11 Å². The standard InChI is InChI=1S/C13H14O3/c1-13(12(14)15)8-10-6-4-3-5-9(10)7-11(13)16-2/h3-7H,8H2,1-2H3,(H,14,15). The third-order valence-corrected chi connectivity index (χ3v) is 3.12. The van der Waals surface area contributed by atoms with Gasteiger partial charge in [0, 0.05) is 0 Å². The zero-order chi connectivity index (χ0) is 11.8. The average Bonchev–Trinajstić information content (AvgIpc) is 2.27. The number of rotatable bonds is 2. The molecule has 0 aromatic heterocycles. The van der Waals surface area contributed by atoms with Crippen LogP contribution in [0.2, 0.25) is 0 Å². The Balaban J connectivity index is 2.55. The van der Waals surface area contributed by atoms with E-state index < -0.39 is 11.4 Å². The molecule has 3 nitrogen and oxygen atoms in total. The van der Waals surface area contributed by atoms with E-state index in [1.54, 1.807) is 6.92 Å². The monoisotopic (exact) mass is 218 g/mol. The Morgan fingerprint density at radius 3 is 2.75 bits per heavy atom. The molecule has 16 heavy (non-hydrogen) atoms. The molecule has 0 saturated carbocycles. The second-order valence-electron chi connectivity index (χ2n) is 4.23. The molecule has 2 rings (SSSR count). The van der Waals surface area contributed by atoms with Crippen LogP contribution >= 0.6 is 0 Å². The van der Waals surface area contributed by atoms with Crippen LogP contribution < -0.4 is 0 Å². The summed E-state index contributed by atoms with van der Waals surface area (Å²) in [6, 6.07) is 7.79. The first-order chi connectivity index (χ1) is 7.58. The van der Waals surface area contributed by atoms with Crippen LogP contribution in [0, 0.1) is 5.41 Å². The van der Waals surface area contributed by atoms with Gasteiger partial charge < -0.3 is 9.84 Å². The number of carboxylic acid groups (broad SMARTS) is 1. The minimum Gasteiger partial charge on any atom is -0.500 e. The Bertz CT molecular complexity index is 462. The number of fused-ring (bicyclic) bond motifs is 1. The third kappa shape index (κ3) is 1.48. The lowest BCUT2D eigenvalue weighted by Crippen LogP contribution is -2.35. The Labute approximate surface area is 94.4 Å². The van der Waals surface area contributed by atoms with E-state index in [0.29, 0.717) is 12.2 Å². The predicted octanol–water partition coefficient (Wildman–Crippen LogP) is 2.32. The Kier molecular flexibility index (Phi) is 2.46. The van der Waals surface area contributed by atoms with E-state index >= 15 is 0 Å². The maximum absolute atomic E-state index is 11.3. The summed E-state index contributed by atoms with van der Waals surface area (Å²) in [6.45, 7) is 1.70. The van der Waals surface area contributed by atoms with Gasteiger partial charge in [-0.25, -0.2) is 0 Å². The van der Waals surface area contributed by atoms with Crippen LogP contribution in [-0.2, 0) is 16.0 Å². The largest absolute Gasteiger partial charge is 0.500 e. The lowest BCUT2D eigenvalue weighted by Gasteiger charge is -2.31. The fraction of sp³-hybridized carbons (Fsp3) is 0.308. The molecule has 0 spiro atoms. The van der Waals surface area contributed by atoms with Crippen LogP contribution in [0.4, 0.5) is 0 Å². The van der Waals surface area contributed by atoms with E-state index in [1.807, 2.05) is 30.3 Å². The molecular weight excluding hydrogens is 204 g/mol. The van der Waals surface area contributed by atoms with Crippen molar-refractivity contribution in [1.82, 2.24) is 0 Å². The van der Waals surface area contributed by atoms with Crippen molar-refractivity contribution in [3.63, 3.8) is 0 Å². The molecule has 1 unspecified atom stereocenters. The van der Waals surface area contributed by atoms with Gasteiger partial charge in [0.15, 0.2) is 0 Å². The van der Waals surface area contributed by atoms with Crippen LogP contribution in [-0.4, -0.2) is 18.2 Å². The van der Waals surface area contributed by atoms with Gasteiger partial charge in [0.25, 0.3) is 0 Å². The van der Waals surface area contributed by atoms with Crippen molar-refractivity contribution >= 4 is 12.0 Å². The lowest BCUT2D eigenvalue weighted by molar-refractivity contribution is -0.147. The van der Waals surface area contributed by atoms with Gasteiger partial charge in [-0.15, -0.1) is 0 Å². The summed E-state index contributed by atoms with van der Waals surface area (Å²) in [4.78, 5) is 11.3. The van der Waals surface area contributed by atoms with Crippen molar-refractivity contribution in [3.8, 4) is 0 Å². The van der Waals surface area contributed by atoms with E-state index in [2.05, 4.69) is 0 Å². The number of carbonyl (C=O) groups is 1. The van der Waals surface area contributed by atoms with Crippen molar-refractivity contribution in [3.05, 3.63) is 41.2 Å². The number of aliphatic carboxylic acids is 1. The number of hydrogen-bond donors (Lipinski definition) is 1. The summed E-state index contributed by atoms with van der Waals surface area (Å²) in [5, 5.41) is 9.30. The molecule has 0 heterocycles.